The fraction of sp³-hybridized carbons (Fsp3) is 0.444. The average molecular weight is 1560 g/mol. The number of aryl methyl sites for hydroxylation is 2. The molecule has 8 aromatic rings. The lowest BCUT2D eigenvalue weighted by atomic mass is 9.86. The number of hydrogen-bond acceptors (Lipinski definition) is 20. The number of fused-ring (bicyclic) bond motifs is 6. The van der Waals surface area contributed by atoms with Gasteiger partial charge in [0.2, 0.25) is 29.9 Å². The lowest BCUT2D eigenvalue weighted by Crippen LogP contribution is -2.47. The van der Waals surface area contributed by atoms with E-state index in [4.69, 9.17) is 48.7 Å². The molecule has 4 atom stereocenters. The van der Waals surface area contributed by atoms with Gasteiger partial charge in [-0.15, -0.1) is 0 Å². The van der Waals surface area contributed by atoms with Crippen LogP contribution in [0.3, 0.4) is 0 Å². The monoisotopic (exact) mass is 1560 g/mol. The van der Waals surface area contributed by atoms with Gasteiger partial charge in [-0.25, -0.2) is 44.3 Å². The van der Waals surface area contributed by atoms with Crippen LogP contribution in [-0.2, 0) is 100 Å². The molecule has 2 aliphatic carbocycles. The number of sulfone groups is 1. The molecule has 3 aromatic heterocycles. The van der Waals surface area contributed by atoms with Crippen LogP contribution in [0.2, 0.25) is 0 Å². The number of carbonyl (C=O) groups excluding carboxylic acids is 2. The van der Waals surface area contributed by atoms with Crippen LogP contribution in [0.25, 0.3) is 56.5 Å². The molecule has 0 bridgehead atoms. The summed E-state index contributed by atoms with van der Waals surface area (Å²) >= 11 is 0. The lowest BCUT2D eigenvalue weighted by molar-refractivity contribution is -0.295. The number of hydrogen-bond donors (Lipinski definition) is 3. The molecule has 2 aliphatic heterocycles. The van der Waals surface area contributed by atoms with E-state index in [0.717, 1.165) is 104 Å². The molecule has 0 saturated carbocycles. The largest absolute Gasteiger partial charge is 0.460 e. The number of nitrogens with zero attached hydrogens (tertiary/aromatic N) is 6. The van der Waals surface area contributed by atoms with Crippen LogP contribution in [0.5, 0.6) is 0 Å². The van der Waals surface area contributed by atoms with E-state index in [9.17, 15) is 48.7 Å². The number of aliphatic hydroxyl groups excluding tert-OH is 1. The SMILES string of the molecule is CC(C)(C)OC(=O)C[C@H]1C[C@@H](CS(=O)(=O)c2nnnn2-c2ccccc2)OC(C)(C)O1.CC(C)c1nc2c(c(-c3ccc(F)cc3)c1/C=C/[C@@H]1C[C@H](CC(=O)OC(C)(C)C)OC(C)(C)O1)CCCc1ccc(S(N)(=O)=O)cc1-2.CC(C)c1nc2c(c(-c3ccc(F)cc3)c1CO)CCCc1ccc(S(N)(=O)=O)cc1-2. The summed E-state index contributed by atoms with van der Waals surface area (Å²) in [5, 5.41) is 32.0. The summed E-state index contributed by atoms with van der Waals surface area (Å²) in [6, 6.07) is 31.3. The van der Waals surface area contributed by atoms with E-state index in [1.165, 1.54) is 35.0 Å². The van der Waals surface area contributed by atoms with Gasteiger partial charge in [0, 0.05) is 40.8 Å². The third kappa shape index (κ3) is 21.2. The number of benzene rings is 5. The molecule has 4 aliphatic rings. The predicted molar refractivity (Wildman–Crippen MR) is 409 cm³/mol. The third-order valence-electron chi connectivity index (χ3n) is 18.4. The molecule has 2 saturated heterocycles. The highest BCUT2D eigenvalue weighted by molar-refractivity contribution is 7.91. The average Bonchev–Trinajstić information content (AvgIpc) is 1.75. The van der Waals surface area contributed by atoms with Gasteiger partial charge in [0.05, 0.1) is 82.2 Å². The summed E-state index contributed by atoms with van der Waals surface area (Å²) < 4.78 is 139. The number of nitrogens with two attached hydrogens (primary N) is 2. The summed E-state index contributed by atoms with van der Waals surface area (Å²) in [5.74, 6) is -3.74. The number of carbonyl (C=O) groups is 2. The molecule has 12 rings (SSSR count). The topological polar surface area (TPSA) is 334 Å². The summed E-state index contributed by atoms with van der Waals surface area (Å²) in [6.07, 6.45) is 7.32. The van der Waals surface area contributed by atoms with E-state index in [1.807, 2.05) is 72.8 Å². The maximum absolute atomic E-state index is 14.2. The normalized spacial score (nSPS) is 18.5. The van der Waals surface area contributed by atoms with E-state index in [1.54, 1.807) is 107 Å². The number of sulfonamides is 2. The van der Waals surface area contributed by atoms with Crippen LogP contribution in [-0.4, -0.2) is 125 Å². The number of aromatic nitrogens is 6. The fourth-order valence-electron chi connectivity index (χ4n) is 14.3. The van der Waals surface area contributed by atoms with Gasteiger partial charge in [0.15, 0.2) is 11.6 Å². The first kappa shape index (κ1) is 83.1. The molecule has 0 unspecified atom stereocenters. The quantitative estimate of drug-likeness (QED) is 0.0713. The minimum atomic E-state index is -3.94. The second-order valence-electron chi connectivity index (χ2n) is 31.3. The molecule has 5 N–H and O–H groups in total. The first-order valence-electron chi connectivity index (χ1n) is 36.4. The molecule has 0 amide bonds. The van der Waals surface area contributed by atoms with Gasteiger partial charge in [-0.3, -0.25) is 19.6 Å². The van der Waals surface area contributed by atoms with Gasteiger partial charge < -0.3 is 33.5 Å². The Hall–Kier alpha value is -8.42. The van der Waals surface area contributed by atoms with Gasteiger partial charge in [0.1, 0.15) is 22.8 Å². The van der Waals surface area contributed by atoms with Crippen LogP contribution in [0, 0.1) is 11.6 Å². The summed E-state index contributed by atoms with van der Waals surface area (Å²) in [5.41, 5.74) is 12.7. The van der Waals surface area contributed by atoms with Crippen LogP contribution in [0.4, 0.5) is 8.78 Å². The molecule has 0 spiro atoms. The van der Waals surface area contributed by atoms with Crippen molar-refractivity contribution in [2.24, 2.45) is 10.3 Å². The van der Waals surface area contributed by atoms with Crippen molar-refractivity contribution in [1.82, 2.24) is 30.2 Å². The molecule has 584 valence electrons. The first-order chi connectivity index (χ1) is 50.9. The Morgan fingerprint density at radius 2 is 1.07 bits per heavy atom. The van der Waals surface area contributed by atoms with Gasteiger partial charge in [0.25, 0.3) is 5.16 Å². The van der Waals surface area contributed by atoms with Crippen LogP contribution < -0.4 is 10.3 Å². The Balaban J connectivity index is 0.000000180. The second kappa shape index (κ2) is 33.3. The molecule has 0 radical (unpaired) electrons. The molecule has 2 fully saturated rings. The summed E-state index contributed by atoms with van der Waals surface area (Å²) in [4.78, 5) is 35.1. The highest BCUT2D eigenvalue weighted by atomic mass is 32.2. The summed E-state index contributed by atoms with van der Waals surface area (Å²) in [7, 11) is -11.7. The molecule has 23 nitrogen and oxygen atoms in total. The number of primary sulfonamides is 2. The maximum atomic E-state index is 14.2. The van der Waals surface area contributed by atoms with Crippen molar-refractivity contribution < 1.29 is 77.2 Å². The Morgan fingerprint density at radius 1 is 0.615 bits per heavy atom. The first-order valence-corrected chi connectivity index (χ1v) is 41.2. The number of pyridine rings is 2. The molecular weight excluding hydrogens is 1460 g/mol. The van der Waals surface area contributed by atoms with Gasteiger partial charge in [-0.1, -0.05) is 99.5 Å². The number of aliphatic hydroxyl groups is 1. The molecule has 5 aromatic carbocycles. The van der Waals surface area contributed by atoms with Crippen molar-refractivity contribution in [2.45, 2.75) is 242 Å². The lowest BCUT2D eigenvalue weighted by Gasteiger charge is -2.40. The van der Waals surface area contributed by atoms with E-state index in [0.29, 0.717) is 36.3 Å². The van der Waals surface area contributed by atoms with E-state index in [2.05, 4.69) is 29.4 Å². The Kier molecular flexibility index (Phi) is 25.3. The van der Waals surface area contributed by atoms with Crippen LogP contribution >= 0.6 is 0 Å². The van der Waals surface area contributed by atoms with E-state index >= 15 is 0 Å². The number of ether oxygens (including phenoxy) is 6. The van der Waals surface area contributed by atoms with E-state index in [-0.39, 0.29) is 82.1 Å². The van der Waals surface area contributed by atoms with Gasteiger partial charge >= 0.3 is 11.9 Å². The zero-order valence-electron chi connectivity index (χ0n) is 64.1. The number of esters is 2. The van der Waals surface area contributed by atoms with Crippen LogP contribution in [0.15, 0.2) is 136 Å². The number of para-hydroxylation sites is 1. The van der Waals surface area contributed by atoms with Gasteiger partial charge in [-0.2, -0.15) is 4.68 Å². The molecule has 28 heteroatoms. The third-order valence-corrected chi connectivity index (χ3v) is 21.9. The highest BCUT2D eigenvalue weighted by Crippen LogP contribution is 2.45. The van der Waals surface area contributed by atoms with Crippen molar-refractivity contribution in [1.29, 1.82) is 0 Å². The molecule has 5 heterocycles. The fourth-order valence-corrected chi connectivity index (χ4v) is 16.8. The zero-order chi connectivity index (χ0) is 79.5. The van der Waals surface area contributed by atoms with Crippen molar-refractivity contribution in [2.75, 3.05) is 5.75 Å². The molecular formula is C81H98F2N8O15S3. The number of halogens is 2. The highest BCUT2D eigenvalue weighted by Gasteiger charge is 2.42. The Bertz CT molecular complexity index is 5040. The standard InChI is InChI=1S/C37H45FN2O6S.C24H25FN2O3S.C20H28N4O6S/c1-22(2)34-30(18-16-26-19-27(45-37(6,7)44-26)20-32(41)46-36(3,4)5)33(24-11-14-25(38)15-12-24)29-10-8-9-23-13-17-28(47(39,42)43)21-31(23)35(29)40-34;1-14(2)23-21(13-28)22(16-6-9-17(25)10-7-16)19-5-3-4-15-8-11-18(31(26,29)30)12-20(15)24(19)27-23;1-19(2,3)30-17(25)12-15-11-16(29-20(4,5)28-15)13-31(26,27)18-21-22-23-24(18)14-9-7-6-8-10-14/h11-18,21-22,26-27H,8-10,19-20H2,1-7H3,(H2,39,42,43);6-12,14,28H,3-5,13H2,1-2H3,(H2,26,29,30);6-10,15-16H,11-13H2,1-5H3/b18-16+;;/t26-,27-;;15-,16+/m1.1/s1. The van der Waals surface area contributed by atoms with Gasteiger partial charge in [-0.05, 0) is 235 Å². The maximum Gasteiger partial charge on any atom is 0.308 e. The van der Waals surface area contributed by atoms with Crippen molar-refractivity contribution in [3.05, 3.63) is 178 Å². The Labute approximate surface area is 637 Å². The minimum Gasteiger partial charge on any atom is -0.460 e. The van der Waals surface area contributed by atoms with Crippen LogP contribution in [0.1, 0.15) is 192 Å². The zero-order valence-corrected chi connectivity index (χ0v) is 66.5. The smallest absolute Gasteiger partial charge is 0.308 e. The van der Waals surface area contributed by atoms with Crippen molar-refractivity contribution in [3.63, 3.8) is 0 Å². The minimum absolute atomic E-state index is 0.00234. The number of rotatable bonds is 17. The molecule has 109 heavy (non-hydrogen) atoms. The second-order valence-corrected chi connectivity index (χ2v) is 36.3. The van der Waals surface area contributed by atoms with Crippen molar-refractivity contribution >= 4 is 47.9 Å². The number of tetrazole rings is 1. The van der Waals surface area contributed by atoms with E-state index < -0.39 is 76.9 Å². The summed E-state index contributed by atoms with van der Waals surface area (Å²) in [6.45, 7) is 25.8. The predicted octanol–water partition coefficient (Wildman–Crippen LogP) is 13.9. The van der Waals surface area contributed by atoms with Crippen molar-refractivity contribution in [3.8, 4) is 50.5 Å². The Morgan fingerprint density at radius 3 is 1.55 bits per heavy atom.